The van der Waals surface area contributed by atoms with Gasteiger partial charge in [-0.25, -0.2) is 0 Å². The van der Waals surface area contributed by atoms with Crippen LogP contribution < -0.4 is 0 Å². The van der Waals surface area contributed by atoms with Gasteiger partial charge in [0.2, 0.25) is 0 Å². The van der Waals surface area contributed by atoms with Crippen LogP contribution in [0.1, 0.15) is 45.7 Å². The summed E-state index contributed by atoms with van der Waals surface area (Å²) in [7, 11) is -0.452. The molecule has 0 spiro atoms. The quantitative estimate of drug-likeness (QED) is 0.787. The van der Waals surface area contributed by atoms with Crippen LogP contribution >= 0.6 is 11.8 Å². The first kappa shape index (κ1) is 18.2. The Bertz CT molecular complexity index is 612. The minimum atomic E-state index is -0.452. The van der Waals surface area contributed by atoms with Gasteiger partial charge in [0.25, 0.3) is 0 Å². The Balaban J connectivity index is 2.32. The maximum atomic E-state index is 11.4. The van der Waals surface area contributed by atoms with Crippen molar-refractivity contribution >= 4 is 30.1 Å². The van der Waals surface area contributed by atoms with Crippen molar-refractivity contribution in [2.45, 2.75) is 52.7 Å². The molecule has 6 heteroatoms. The maximum Gasteiger partial charge on any atom is 0.491 e. The lowest BCUT2D eigenvalue weighted by atomic mass is 9.78. The van der Waals surface area contributed by atoms with Crippen molar-refractivity contribution in [3.63, 3.8) is 0 Å². The van der Waals surface area contributed by atoms with E-state index in [0.29, 0.717) is 5.75 Å². The highest BCUT2D eigenvalue weighted by Crippen LogP contribution is 2.39. The molecule has 0 saturated carbocycles. The molecule has 23 heavy (non-hydrogen) atoms. The summed E-state index contributed by atoms with van der Waals surface area (Å²) in [5.41, 5.74) is 2.28. The topological polar surface area (TPSA) is 48.4 Å². The molecular weight excluding hydrogens is 309 g/mol. The second-order valence-electron chi connectivity index (χ2n) is 6.82. The number of thioether (sulfide) groups is 1. The molecule has 1 aliphatic rings. The third-order valence-electron chi connectivity index (χ3n) is 4.42. The van der Waals surface area contributed by atoms with Gasteiger partial charge >= 0.3 is 7.12 Å². The van der Waals surface area contributed by atoms with Crippen molar-refractivity contribution in [1.29, 1.82) is 0 Å². The molecule has 1 aromatic rings. The highest BCUT2D eigenvalue weighted by atomic mass is 32.2. The Kier molecular flexibility index (Phi) is 5.39. The Hall–Kier alpha value is -1.11. The molecule has 1 saturated heterocycles. The zero-order valence-corrected chi connectivity index (χ0v) is 15.5. The highest BCUT2D eigenvalue weighted by molar-refractivity contribution is 8.13. The Morgan fingerprint density at radius 1 is 1.30 bits per heavy atom. The molecule has 1 fully saturated rings. The fourth-order valence-corrected chi connectivity index (χ4v) is 2.77. The van der Waals surface area contributed by atoms with Gasteiger partial charge in [-0.15, -0.1) is 0 Å². The molecule has 0 bridgehead atoms. The van der Waals surface area contributed by atoms with Gasteiger partial charge < -0.3 is 9.31 Å². The second-order valence-corrected chi connectivity index (χ2v) is 7.97. The van der Waals surface area contributed by atoms with Crippen molar-refractivity contribution < 1.29 is 14.1 Å². The largest absolute Gasteiger partial charge is 0.491 e. The molecule has 0 N–H and O–H groups in total. The molecule has 124 valence electrons. The van der Waals surface area contributed by atoms with Crippen molar-refractivity contribution in [1.82, 2.24) is 4.98 Å². The molecule has 1 aliphatic heterocycles. The smallest absolute Gasteiger partial charge is 0.400 e. The van der Waals surface area contributed by atoms with E-state index in [-0.39, 0.29) is 5.12 Å². The second kappa shape index (κ2) is 6.79. The van der Waals surface area contributed by atoms with Crippen LogP contribution in [0.5, 0.6) is 0 Å². The molecule has 0 amide bonds. The molecular formula is C17H24BNO3S. The highest BCUT2D eigenvalue weighted by Gasteiger charge is 2.52. The monoisotopic (exact) mass is 333 g/mol. The van der Waals surface area contributed by atoms with E-state index in [4.69, 9.17) is 9.31 Å². The van der Waals surface area contributed by atoms with E-state index in [0.717, 1.165) is 16.6 Å². The Morgan fingerprint density at radius 2 is 1.91 bits per heavy atom. The fourth-order valence-electron chi connectivity index (χ4n) is 2.18. The van der Waals surface area contributed by atoms with E-state index in [1.807, 2.05) is 53.0 Å². The van der Waals surface area contributed by atoms with Crippen LogP contribution in [0.4, 0.5) is 0 Å². The number of carbonyl (C=O) groups excluding carboxylic acids is 1. The first-order valence-corrected chi connectivity index (χ1v) is 8.71. The number of rotatable bonds is 4. The molecule has 4 nitrogen and oxygen atoms in total. The van der Waals surface area contributed by atoms with Crippen molar-refractivity contribution in [3.05, 3.63) is 35.1 Å². The normalized spacial score (nSPS) is 19.9. The number of aromatic nitrogens is 1. The molecule has 0 aromatic carbocycles. The van der Waals surface area contributed by atoms with Crippen LogP contribution in [0.25, 0.3) is 6.08 Å². The molecule has 2 rings (SSSR count). The van der Waals surface area contributed by atoms with Gasteiger partial charge in [-0.05, 0) is 57.3 Å². The average molecular weight is 333 g/mol. The van der Waals surface area contributed by atoms with Crippen molar-refractivity contribution in [3.8, 4) is 0 Å². The number of aryl methyl sites for hydroxylation is 1. The summed E-state index contributed by atoms with van der Waals surface area (Å²) in [4.78, 5) is 15.6. The molecule has 1 aromatic heterocycles. The molecule has 2 heterocycles. The van der Waals surface area contributed by atoms with Gasteiger partial charge in [-0.1, -0.05) is 17.8 Å². The molecule has 0 unspecified atom stereocenters. The van der Waals surface area contributed by atoms with Crippen LogP contribution in [0, 0.1) is 6.92 Å². The summed E-state index contributed by atoms with van der Waals surface area (Å²) in [6.45, 7) is 11.7. The lowest BCUT2D eigenvalue weighted by molar-refractivity contribution is -0.109. The van der Waals surface area contributed by atoms with Crippen LogP contribution in [0.3, 0.4) is 0 Å². The minimum absolute atomic E-state index is 0.0790. The van der Waals surface area contributed by atoms with Crippen LogP contribution in [-0.2, 0) is 14.1 Å². The van der Waals surface area contributed by atoms with Gasteiger partial charge in [0.05, 0.1) is 11.2 Å². The Morgan fingerprint density at radius 3 is 2.43 bits per heavy atom. The molecule has 0 aliphatic carbocycles. The number of pyridine rings is 1. The molecule has 0 atom stereocenters. The van der Waals surface area contributed by atoms with E-state index in [9.17, 15) is 4.79 Å². The van der Waals surface area contributed by atoms with Crippen LogP contribution in [0.2, 0.25) is 0 Å². The first-order chi connectivity index (χ1) is 10.6. The van der Waals surface area contributed by atoms with Gasteiger partial charge in [-0.3, -0.25) is 9.78 Å². The van der Waals surface area contributed by atoms with Gasteiger partial charge in [0.15, 0.2) is 5.12 Å². The van der Waals surface area contributed by atoms with E-state index in [2.05, 4.69) is 4.98 Å². The van der Waals surface area contributed by atoms with Crippen molar-refractivity contribution in [2.24, 2.45) is 0 Å². The SMILES string of the molecule is CC(=O)SCC(=Cc1cnccc1C)B1OC(C)(C)C(C)(C)O1. The number of hydrogen-bond donors (Lipinski definition) is 0. The predicted molar refractivity (Wildman–Crippen MR) is 96.2 cm³/mol. The average Bonchev–Trinajstić information content (AvgIpc) is 2.65. The maximum absolute atomic E-state index is 11.4. The first-order valence-electron chi connectivity index (χ1n) is 7.72. The summed E-state index contributed by atoms with van der Waals surface area (Å²) in [5.74, 6) is 0.542. The minimum Gasteiger partial charge on any atom is -0.400 e. The van der Waals surface area contributed by atoms with Crippen LogP contribution in [0.15, 0.2) is 23.9 Å². The van der Waals surface area contributed by atoms with E-state index in [1.54, 1.807) is 13.1 Å². The van der Waals surface area contributed by atoms with E-state index < -0.39 is 18.3 Å². The lowest BCUT2D eigenvalue weighted by Gasteiger charge is -2.32. The predicted octanol–water partition coefficient (Wildman–Crippen LogP) is 3.68. The van der Waals surface area contributed by atoms with Crippen molar-refractivity contribution in [2.75, 3.05) is 5.75 Å². The van der Waals surface area contributed by atoms with Crippen LogP contribution in [-0.4, -0.2) is 34.2 Å². The third kappa shape index (κ3) is 4.25. The molecule has 0 radical (unpaired) electrons. The van der Waals surface area contributed by atoms with Gasteiger partial charge in [0.1, 0.15) is 0 Å². The van der Waals surface area contributed by atoms with E-state index >= 15 is 0 Å². The van der Waals surface area contributed by atoms with E-state index in [1.165, 1.54) is 11.8 Å². The summed E-state index contributed by atoms with van der Waals surface area (Å²) in [6.07, 6.45) is 5.62. The number of carbonyl (C=O) groups is 1. The number of hydrogen-bond acceptors (Lipinski definition) is 5. The summed E-state index contributed by atoms with van der Waals surface area (Å²) < 4.78 is 12.3. The zero-order valence-electron chi connectivity index (χ0n) is 14.7. The number of nitrogens with zero attached hydrogens (tertiary/aromatic N) is 1. The summed E-state index contributed by atoms with van der Waals surface area (Å²) in [6, 6.07) is 1.96. The third-order valence-corrected chi connectivity index (χ3v) is 5.30. The zero-order chi connectivity index (χ0) is 17.3. The lowest BCUT2D eigenvalue weighted by Crippen LogP contribution is -2.41. The van der Waals surface area contributed by atoms with Gasteiger partial charge in [-0.2, -0.15) is 0 Å². The fraction of sp³-hybridized carbons (Fsp3) is 0.529. The summed E-state index contributed by atoms with van der Waals surface area (Å²) in [5, 5.41) is 0.0790. The Labute approximate surface area is 143 Å². The summed E-state index contributed by atoms with van der Waals surface area (Å²) >= 11 is 1.26. The van der Waals surface area contributed by atoms with Gasteiger partial charge in [0, 0.05) is 25.1 Å². The standard InChI is InChI=1S/C17H24BNO3S/c1-12-7-8-19-10-14(12)9-15(11-23-13(2)20)18-21-16(3,4)17(5,6)22-18/h7-10H,11H2,1-6H3.